The number of allylic oxidation sites excluding steroid dienone is 2. The number of halogens is 1. The lowest BCUT2D eigenvalue weighted by atomic mass is 9.47. The van der Waals surface area contributed by atoms with Gasteiger partial charge in [-0.25, -0.2) is 4.39 Å². The Labute approximate surface area is 168 Å². The highest BCUT2D eigenvalue weighted by molar-refractivity contribution is 5.82. The van der Waals surface area contributed by atoms with E-state index in [4.69, 9.17) is 4.74 Å². The van der Waals surface area contributed by atoms with E-state index >= 15 is 4.39 Å². The van der Waals surface area contributed by atoms with Crippen LogP contribution in [0, 0.1) is 34.5 Å². The fourth-order valence-corrected chi connectivity index (χ4v) is 7.72. The average Bonchev–Trinajstić information content (AvgIpc) is 3.00. The summed E-state index contributed by atoms with van der Waals surface area (Å²) < 4.78 is 20.0. The van der Waals surface area contributed by atoms with Crippen LogP contribution >= 0.6 is 0 Å². The molecule has 0 spiro atoms. The maximum atomic E-state index is 15.2. The highest BCUT2D eigenvalue weighted by Crippen LogP contribution is 2.67. The first kappa shape index (κ1) is 20.1. The molecular weight excluding hydrogens is 355 g/mol. The van der Waals surface area contributed by atoms with Crippen molar-refractivity contribution in [1.82, 2.24) is 0 Å². The third kappa shape index (κ3) is 3.06. The van der Waals surface area contributed by atoms with Gasteiger partial charge in [0.05, 0.1) is 7.11 Å². The number of hydrogen-bond donors (Lipinski definition) is 0. The molecule has 0 radical (unpaired) electrons. The third-order valence-electron chi connectivity index (χ3n) is 9.34. The summed E-state index contributed by atoms with van der Waals surface area (Å²) in [6, 6.07) is 0. The molecule has 4 aliphatic carbocycles. The molecule has 0 bridgehead atoms. The molecule has 0 aliphatic heterocycles. The predicted molar refractivity (Wildman–Crippen MR) is 106 cm³/mol. The van der Waals surface area contributed by atoms with Crippen LogP contribution in [0.15, 0.2) is 11.4 Å². The molecule has 0 aromatic rings. The highest BCUT2D eigenvalue weighted by atomic mass is 19.1. The maximum absolute atomic E-state index is 15.2. The molecule has 0 amide bonds. The summed E-state index contributed by atoms with van der Waals surface area (Å²) in [5.41, 5.74) is 1.02. The summed E-state index contributed by atoms with van der Waals surface area (Å²) in [6.45, 7) is 4.68. The van der Waals surface area contributed by atoms with Gasteiger partial charge in [0, 0.05) is 25.7 Å². The summed E-state index contributed by atoms with van der Waals surface area (Å²) in [7, 11) is 1.45. The number of Topliss-reactive ketones (excluding diaryl/α,β-unsaturated/α-hetero) is 1. The zero-order valence-corrected chi connectivity index (χ0v) is 17.7. The van der Waals surface area contributed by atoms with Gasteiger partial charge >= 0.3 is 5.97 Å². The number of esters is 1. The molecule has 6 atom stereocenters. The maximum Gasteiger partial charge on any atom is 0.305 e. The minimum atomic E-state index is -0.116. The molecule has 3 fully saturated rings. The minimum Gasteiger partial charge on any atom is -0.469 e. The van der Waals surface area contributed by atoms with Crippen molar-refractivity contribution in [1.29, 1.82) is 0 Å². The molecule has 0 N–H and O–H groups in total. The predicted octanol–water partition coefficient (Wildman–Crippen LogP) is 5.78. The van der Waals surface area contributed by atoms with E-state index in [1.165, 1.54) is 26.4 Å². The molecule has 0 aromatic heterocycles. The standard InChI is InChI=1S/C24H35FO3/c1-23-12-10-19-17(14-21(25)20-13-16(26)9-11-24(19,20)2)18(23)8-7-15(23)5-4-6-22(27)28-3/h15,17-19H,4-14H2,1-3H3/t15-,17-,18-,19-,23+,24+/m0/s1. The Kier molecular flexibility index (Phi) is 5.20. The fourth-order valence-electron chi connectivity index (χ4n) is 7.72. The third-order valence-corrected chi connectivity index (χ3v) is 9.34. The molecule has 3 saturated carbocycles. The van der Waals surface area contributed by atoms with Crippen molar-refractivity contribution in [2.24, 2.45) is 34.5 Å². The lowest BCUT2D eigenvalue weighted by Crippen LogP contribution is -2.50. The summed E-state index contributed by atoms with van der Waals surface area (Å²) >= 11 is 0. The normalized spacial score (nSPS) is 42.6. The van der Waals surface area contributed by atoms with Crippen LogP contribution in [0.5, 0.6) is 0 Å². The van der Waals surface area contributed by atoms with Crippen LogP contribution < -0.4 is 0 Å². The summed E-state index contributed by atoms with van der Waals surface area (Å²) in [5.74, 6) is 2.31. The van der Waals surface area contributed by atoms with Crippen LogP contribution in [0.1, 0.15) is 84.5 Å². The van der Waals surface area contributed by atoms with E-state index in [1.807, 2.05) is 0 Å². The van der Waals surface area contributed by atoms with Gasteiger partial charge < -0.3 is 4.74 Å². The molecule has 3 nitrogen and oxygen atoms in total. The molecule has 156 valence electrons. The van der Waals surface area contributed by atoms with Gasteiger partial charge in [-0.05, 0) is 85.0 Å². The van der Waals surface area contributed by atoms with Gasteiger partial charge in [0.15, 0.2) is 0 Å². The van der Waals surface area contributed by atoms with Gasteiger partial charge in [-0.2, -0.15) is 0 Å². The Hall–Kier alpha value is -1.19. The largest absolute Gasteiger partial charge is 0.469 e. The molecular formula is C24H35FO3. The Morgan fingerprint density at radius 3 is 2.71 bits per heavy atom. The van der Waals surface area contributed by atoms with Gasteiger partial charge in [-0.1, -0.05) is 13.8 Å². The van der Waals surface area contributed by atoms with Crippen molar-refractivity contribution in [3.63, 3.8) is 0 Å². The first-order valence-electron chi connectivity index (χ1n) is 11.3. The van der Waals surface area contributed by atoms with Gasteiger partial charge in [0.1, 0.15) is 11.6 Å². The Balaban J connectivity index is 1.53. The molecule has 0 heterocycles. The lowest BCUT2D eigenvalue weighted by molar-refractivity contribution is -0.140. The number of carbonyl (C=O) groups excluding carboxylic acids is 2. The number of ether oxygens (including phenoxy) is 1. The first-order valence-corrected chi connectivity index (χ1v) is 11.3. The van der Waals surface area contributed by atoms with Crippen LogP contribution in [0.4, 0.5) is 4.39 Å². The second-order valence-electron chi connectivity index (χ2n) is 10.4. The van der Waals surface area contributed by atoms with Crippen LogP contribution in [-0.2, 0) is 14.3 Å². The SMILES string of the molecule is COC(=O)CCC[C@H]1CC[C@H]2[C@@H]3CC(F)=C4CC(=O)CC[C@]4(C)[C@H]3CC[C@]12C. The van der Waals surface area contributed by atoms with Crippen molar-refractivity contribution < 1.29 is 18.7 Å². The second kappa shape index (κ2) is 7.25. The van der Waals surface area contributed by atoms with Crippen molar-refractivity contribution in [3.8, 4) is 0 Å². The number of hydrogen-bond acceptors (Lipinski definition) is 3. The van der Waals surface area contributed by atoms with E-state index in [1.54, 1.807) is 0 Å². The van der Waals surface area contributed by atoms with E-state index < -0.39 is 0 Å². The van der Waals surface area contributed by atoms with Crippen LogP contribution in [0.2, 0.25) is 0 Å². The van der Waals surface area contributed by atoms with Gasteiger partial charge in [-0.3, -0.25) is 9.59 Å². The van der Waals surface area contributed by atoms with Gasteiger partial charge in [-0.15, -0.1) is 0 Å². The molecule has 28 heavy (non-hydrogen) atoms. The van der Waals surface area contributed by atoms with Crippen LogP contribution in [-0.4, -0.2) is 18.9 Å². The Morgan fingerprint density at radius 1 is 1.18 bits per heavy atom. The summed E-state index contributed by atoms with van der Waals surface area (Å²) in [5, 5.41) is 0. The molecule has 0 unspecified atom stereocenters. The average molecular weight is 391 g/mol. The Morgan fingerprint density at radius 2 is 1.96 bits per heavy atom. The monoisotopic (exact) mass is 390 g/mol. The number of carbonyl (C=O) groups is 2. The van der Waals surface area contributed by atoms with E-state index in [2.05, 4.69) is 13.8 Å². The number of ketones is 1. The quantitative estimate of drug-likeness (QED) is 0.572. The van der Waals surface area contributed by atoms with Crippen molar-refractivity contribution in [3.05, 3.63) is 11.4 Å². The second-order valence-corrected chi connectivity index (χ2v) is 10.4. The van der Waals surface area contributed by atoms with Crippen molar-refractivity contribution in [2.45, 2.75) is 84.5 Å². The minimum absolute atomic E-state index is 0.0372. The van der Waals surface area contributed by atoms with E-state index in [-0.39, 0.29) is 28.4 Å². The van der Waals surface area contributed by atoms with Crippen molar-refractivity contribution in [2.75, 3.05) is 7.11 Å². The summed E-state index contributed by atoms with van der Waals surface area (Å²) in [4.78, 5) is 23.5. The molecule has 4 rings (SSSR count). The van der Waals surface area contributed by atoms with E-state index in [0.717, 1.165) is 31.3 Å². The topological polar surface area (TPSA) is 43.4 Å². The van der Waals surface area contributed by atoms with Crippen molar-refractivity contribution >= 4 is 11.8 Å². The van der Waals surface area contributed by atoms with Crippen LogP contribution in [0.3, 0.4) is 0 Å². The van der Waals surface area contributed by atoms with E-state index in [9.17, 15) is 9.59 Å². The van der Waals surface area contributed by atoms with Gasteiger partial charge in [0.2, 0.25) is 0 Å². The van der Waals surface area contributed by atoms with Gasteiger partial charge in [0.25, 0.3) is 0 Å². The molecule has 4 heteroatoms. The number of rotatable bonds is 4. The lowest BCUT2D eigenvalue weighted by Gasteiger charge is -2.57. The highest BCUT2D eigenvalue weighted by Gasteiger charge is 2.59. The number of methoxy groups -OCH3 is 1. The zero-order valence-electron chi connectivity index (χ0n) is 17.7. The Bertz CT molecular complexity index is 698. The first-order chi connectivity index (χ1) is 13.3. The number of fused-ring (bicyclic) bond motifs is 5. The van der Waals surface area contributed by atoms with Crippen LogP contribution in [0.25, 0.3) is 0 Å². The smallest absolute Gasteiger partial charge is 0.305 e. The zero-order chi connectivity index (χ0) is 20.1. The van der Waals surface area contributed by atoms with E-state index in [0.29, 0.717) is 49.4 Å². The molecule has 0 aromatic carbocycles. The molecule has 4 aliphatic rings. The fraction of sp³-hybridized carbons (Fsp3) is 0.833. The molecule has 0 saturated heterocycles. The summed E-state index contributed by atoms with van der Waals surface area (Å²) in [6.07, 6.45) is 9.61.